The average molecular weight is 643 g/mol. The molecule has 0 fully saturated rings. The number of fused-ring (bicyclic) bond motifs is 5. The monoisotopic (exact) mass is 642 g/mol. The third kappa shape index (κ3) is 5.23. The normalized spacial score (nSPS) is 11.7. The van der Waals surface area contributed by atoms with Crippen LogP contribution in [-0.4, -0.2) is 0 Å². The molecule has 0 aromatic heterocycles. The lowest BCUT2D eigenvalue weighted by atomic mass is 9.92. The molecule has 240 valence electrons. The summed E-state index contributed by atoms with van der Waals surface area (Å²) in [6.45, 7) is 12.7. The van der Waals surface area contributed by atoms with Crippen LogP contribution in [0.15, 0.2) is 189 Å². The van der Waals surface area contributed by atoms with Crippen LogP contribution < -0.4 is 9.80 Å². The van der Waals surface area contributed by atoms with Crippen LogP contribution in [0, 0.1) is 13.8 Å². The minimum Gasteiger partial charge on any atom is -0.310 e. The number of aryl methyl sites for hydroxylation is 2. The van der Waals surface area contributed by atoms with Crippen molar-refractivity contribution < 1.29 is 0 Å². The van der Waals surface area contributed by atoms with E-state index in [9.17, 15) is 0 Å². The number of nitrogens with zero attached hydrogens (tertiary/aromatic N) is 2. The van der Waals surface area contributed by atoms with E-state index in [-0.39, 0.29) is 0 Å². The third-order valence-corrected chi connectivity index (χ3v) is 9.97. The van der Waals surface area contributed by atoms with Gasteiger partial charge in [-0.3, -0.25) is 0 Å². The smallest absolute Gasteiger partial charge is 0.0540 e. The molecule has 2 heteroatoms. The van der Waals surface area contributed by atoms with Gasteiger partial charge in [0.1, 0.15) is 0 Å². The van der Waals surface area contributed by atoms with E-state index >= 15 is 0 Å². The molecule has 0 saturated carbocycles. The zero-order valence-electron chi connectivity index (χ0n) is 28.5. The van der Waals surface area contributed by atoms with E-state index in [1.807, 2.05) is 18.2 Å². The van der Waals surface area contributed by atoms with Gasteiger partial charge < -0.3 is 9.80 Å². The Hall–Kier alpha value is -6.38. The van der Waals surface area contributed by atoms with E-state index in [1.165, 1.54) is 54.2 Å². The maximum Gasteiger partial charge on any atom is 0.0540 e. The molecule has 8 aromatic rings. The molecule has 0 spiro atoms. The molecule has 8 rings (SSSR count). The Kier molecular flexibility index (Phi) is 7.98. The summed E-state index contributed by atoms with van der Waals surface area (Å²) in [4.78, 5) is 4.68. The maximum absolute atomic E-state index is 4.19. The van der Waals surface area contributed by atoms with Crippen LogP contribution in [0.5, 0.6) is 0 Å². The molecule has 0 heterocycles. The van der Waals surface area contributed by atoms with Crippen LogP contribution in [0.3, 0.4) is 0 Å². The standard InChI is InChI=1S/C48H38N2/c1-5-16-37(6-2)49(47-25-14-19-35-17-10-12-23-41(35)47)39-27-29-43-44-30-28-40(32-46(44)34(4)33(3)45(43)31-39)50(38-21-8-7-9-22-38)48-26-15-20-36-18-11-13-24-42(36)48/h5-32H,1-2H2,3-4H3/b37-16+. The summed E-state index contributed by atoms with van der Waals surface area (Å²) in [5, 5.41) is 9.79. The number of hydrogen-bond acceptors (Lipinski definition) is 2. The Morgan fingerprint density at radius 2 is 0.980 bits per heavy atom. The first-order chi connectivity index (χ1) is 24.6. The molecule has 0 bridgehead atoms. The fourth-order valence-corrected chi connectivity index (χ4v) is 7.43. The van der Waals surface area contributed by atoms with Crippen molar-refractivity contribution in [2.75, 3.05) is 9.80 Å². The zero-order valence-corrected chi connectivity index (χ0v) is 28.5. The third-order valence-electron chi connectivity index (χ3n) is 9.97. The van der Waals surface area contributed by atoms with Crippen molar-refractivity contribution in [3.05, 3.63) is 200 Å². The Morgan fingerprint density at radius 3 is 1.60 bits per heavy atom. The first-order valence-electron chi connectivity index (χ1n) is 17.1. The maximum atomic E-state index is 4.19. The Labute approximate surface area is 294 Å². The van der Waals surface area contributed by atoms with Crippen LogP contribution in [-0.2, 0) is 0 Å². The lowest BCUT2D eigenvalue weighted by molar-refractivity contribution is 1.23. The summed E-state index contributed by atoms with van der Waals surface area (Å²) in [6.07, 6.45) is 5.75. The number of benzene rings is 8. The second-order valence-electron chi connectivity index (χ2n) is 12.7. The number of allylic oxidation sites excluding steroid dienone is 3. The van der Waals surface area contributed by atoms with Crippen LogP contribution in [0.25, 0.3) is 43.1 Å². The molecule has 0 aliphatic heterocycles. The van der Waals surface area contributed by atoms with Crippen molar-refractivity contribution in [1.82, 2.24) is 0 Å². The first kappa shape index (κ1) is 30.9. The van der Waals surface area contributed by atoms with Gasteiger partial charge in [0.25, 0.3) is 0 Å². The highest BCUT2D eigenvalue weighted by molar-refractivity contribution is 6.13. The molecule has 8 aromatic carbocycles. The highest BCUT2D eigenvalue weighted by atomic mass is 15.2. The van der Waals surface area contributed by atoms with Crippen molar-refractivity contribution >= 4 is 71.5 Å². The van der Waals surface area contributed by atoms with E-state index in [0.29, 0.717) is 0 Å². The van der Waals surface area contributed by atoms with Crippen molar-refractivity contribution in [1.29, 1.82) is 0 Å². The van der Waals surface area contributed by atoms with Gasteiger partial charge in [-0.2, -0.15) is 0 Å². The summed E-state index contributed by atoms with van der Waals surface area (Å²) in [7, 11) is 0. The van der Waals surface area contributed by atoms with Crippen molar-refractivity contribution in [2.45, 2.75) is 13.8 Å². The number of para-hydroxylation sites is 1. The SMILES string of the molecule is C=C/C=C(\C=C)N(c1ccc2c(c1)c(C)c(C)c1cc(N(c3ccccc3)c3cccc4ccccc34)ccc12)c1cccc2ccccc12. The quantitative estimate of drug-likeness (QED) is 0.120. The van der Waals surface area contributed by atoms with Gasteiger partial charge in [0.2, 0.25) is 0 Å². The molecule has 0 aliphatic carbocycles. The molecule has 0 radical (unpaired) electrons. The summed E-state index contributed by atoms with van der Waals surface area (Å²) < 4.78 is 0. The highest BCUT2D eigenvalue weighted by Gasteiger charge is 2.20. The topological polar surface area (TPSA) is 6.48 Å². The Balaban J connectivity index is 1.32. The molecular formula is C48H38N2. The predicted octanol–water partition coefficient (Wildman–Crippen LogP) is 13.8. The summed E-state index contributed by atoms with van der Waals surface area (Å²) in [5.74, 6) is 0. The second kappa shape index (κ2) is 12.9. The Morgan fingerprint density at radius 1 is 0.460 bits per heavy atom. The minimum atomic E-state index is 0.963. The average Bonchev–Trinajstić information content (AvgIpc) is 3.17. The van der Waals surface area contributed by atoms with E-state index in [0.717, 1.165) is 34.1 Å². The first-order valence-corrected chi connectivity index (χ1v) is 17.1. The molecule has 0 saturated heterocycles. The van der Waals surface area contributed by atoms with Crippen LogP contribution >= 0.6 is 0 Å². The van der Waals surface area contributed by atoms with Crippen molar-refractivity contribution in [2.24, 2.45) is 0 Å². The summed E-state index contributed by atoms with van der Waals surface area (Å²) in [6, 6.07) is 54.6. The van der Waals surface area contributed by atoms with E-state index in [1.54, 1.807) is 0 Å². The predicted molar refractivity (Wildman–Crippen MR) is 218 cm³/mol. The summed E-state index contributed by atoms with van der Waals surface area (Å²) >= 11 is 0. The van der Waals surface area contributed by atoms with Gasteiger partial charge in [-0.25, -0.2) is 0 Å². The van der Waals surface area contributed by atoms with Crippen molar-refractivity contribution in [3.8, 4) is 0 Å². The van der Waals surface area contributed by atoms with Gasteiger partial charge >= 0.3 is 0 Å². The number of rotatable bonds is 8. The lowest BCUT2D eigenvalue weighted by Gasteiger charge is -2.29. The van der Waals surface area contributed by atoms with Gasteiger partial charge in [-0.15, -0.1) is 0 Å². The van der Waals surface area contributed by atoms with E-state index in [2.05, 4.69) is 188 Å². The van der Waals surface area contributed by atoms with Crippen LogP contribution in [0.4, 0.5) is 28.4 Å². The lowest BCUT2D eigenvalue weighted by Crippen LogP contribution is -2.15. The van der Waals surface area contributed by atoms with Crippen molar-refractivity contribution in [3.63, 3.8) is 0 Å². The molecule has 0 N–H and O–H groups in total. The molecule has 0 atom stereocenters. The van der Waals surface area contributed by atoms with Gasteiger partial charge in [-0.1, -0.05) is 122 Å². The molecule has 0 amide bonds. The van der Waals surface area contributed by atoms with E-state index < -0.39 is 0 Å². The van der Waals surface area contributed by atoms with Crippen LogP contribution in [0.1, 0.15) is 11.1 Å². The van der Waals surface area contributed by atoms with Gasteiger partial charge in [-0.05, 0) is 118 Å². The fourth-order valence-electron chi connectivity index (χ4n) is 7.43. The molecule has 2 nitrogen and oxygen atoms in total. The minimum absolute atomic E-state index is 0.963. The molecule has 0 unspecified atom stereocenters. The number of hydrogen-bond donors (Lipinski definition) is 0. The molecule has 50 heavy (non-hydrogen) atoms. The van der Waals surface area contributed by atoms with E-state index in [4.69, 9.17) is 0 Å². The molecular weight excluding hydrogens is 605 g/mol. The van der Waals surface area contributed by atoms with Crippen LogP contribution in [0.2, 0.25) is 0 Å². The fraction of sp³-hybridized carbons (Fsp3) is 0.0417. The second-order valence-corrected chi connectivity index (χ2v) is 12.7. The van der Waals surface area contributed by atoms with Gasteiger partial charge in [0.05, 0.1) is 11.4 Å². The molecule has 0 aliphatic rings. The zero-order chi connectivity index (χ0) is 34.2. The van der Waals surface area contributed by atoms with Gasteiger partial charge in [0.15, 0.2) is 0 Å². The summed E-state index contributed by atoms with van der Waals surface area (Å²) in [5.41, 5.74) is 9.11. The highest BCUT2D eigenvalue weighted by Crippen LogP contribution is 2.43. The number of anilines is 5. The Bertz CT molecular complexity index is 2600. The van der Waals surface area contributed by atoms with Gasteiger partial charge in [0, 0.05) is 33.5 Å². The largest absolute Gasteiger partial charge is 0.310 e.